The summed E-state index contributed by atoms with van der Waals surface area (Å²) in [6.45, 7) is 2.60. The molecule has 4 saturated carbocycles. The van der Waals surface area contributed by atoms with Gasteiger partial charge in [-0.1, -0.05) is 66.4 Å². The molecule has 8 rings (SSSR count). The summed E-state index contributed by atoms with van der Waals surface area (Å²) >= 11 is 7.12. The first kappa shape index (κ1) is 23.5. The van der Waals surface area contributed by atoms with Crippen LogP contribution in [0.1, 0.15) is 56.6 Å². The fraction of sp³-hybridized carbons (Fsp3) is 0.375. The zero-order valence-electron chi connectivity index (χ0n) is 21.1. The summed E-state index contributed by atoms with van der Waals surface area (Å²) in [6, 6.07) is 20.9. The Morgan fingerprint density at radius 3 is 2.43 bits per heavy atom. The molecule has 1 heterocycles. The number of carbonyl (C=O) groups excluding carboxylic acids is 1. The number of benzene rings is 3. The molecule has 5 heteroatoms. The van der Waals surface area contributed by atoms with E-state index in [1.165, 1.54) is 55.9 Å². The van der Waals surface area contributed by atoms with Crippen molar-refractivity contribution in [3.05, 3.63) is 76.7 Å². The molecule has 0 N–H and O–H groups in total. The molecule has 0 atom stereocenters. The number of thioether (sulfide) groups is 1. The van der Waals surface area contributed by atoms with Gasteiger partial charge in [0.1, 0.15) is 5.75 Å². The number of anilines is 1. The molecular weight excluding hydrogens is 494 g/mol. The minimum absolute atomic E-state index is 0.0611. The van der Waals surface area contributed by atoms with E-state index in [0.29, 0.717) is 21.2 Å². The third-order valence-electron chi connectivity index (χ3n) is 9.05. The lowest BCUT2D eigenvalue weighted by molar-refractivity contribution is -0.113. The smallest absolute Gasteiger partial charge is 0.270 e. The normalized spacial score (nSPS) is 29.6. The molecule has 3 aromatic rings. The van der Waals surface area contributed by atoms with Crippen molar-refractivity contribution in [3.8, 4) is 5.75 Å². The molecule has 0 radical (unpaired) electrons. The van der Waals surface area contributed by atoms with Crippen molar-refractivity contribution in [2.24, 2.45) is 17.8 Å². The van der Waals surface area contributed by atoms with Gasteiger partial charge in [0.25, 0.3) is 5.91 Å². The molecule has 5 fully saturated rings. The zero-order valence-corrected chi connectivity index (χ0v) is 22.7. The summed E-state index contributed by atoms with van der Waals surface area (Å²) in [7, 11) is 0. The molecule has 1 amide bonds. The van der Waals surface area contributed by atoms with E-state index in [-0.39, 0.29) is 5.91 Å². The van der Waals surface area contributed by atoms with E-state index in [0.717, 1.165) is 45.5 Å². The number of hydrogen-bond acceptors (Lipinski definition) is 4. The summed E-state index contributed by atoms with van der Waals surface area (Å²) in [4.78, 5) is 16.1. The van der Waals surface area contributed by atoms with Gasteiger partial charge in [0, 0.05) is 10.9 Å². The van der Waals surface area contributed by atoms with Crippen LogP contribution in [0.4, 0.5) is 5.69 Å². The van der Waals surface area contributed by atoms with Crippen LogP contribution in [0.5, 0.6) is 5.75 Å². The van der Waals surface area contributed by atoms with Crippen LogP contribution < -0.4 is 9.64 Å². The van der Waals surface area contributed by atoms with Gasteiger partial charge in [-0.05, 0) is 104 Å². The number of thiocarbonyl (C=S) groups is 1. The molecule has 188 valence electrons. The van der Waals surface area contributed by atoms with Gasteiger partial charge >= 0.3 is 0 Å². The minimum atomic E-state index is -0.0611. The minimum Gasteiger partial charge on any atom is -0.493 e. The number of rotatable bonds is 5. The second-order valence-corrected chi connectivity index (χ2v) is 13.1. The van der Waals surface area contributed by atoms with E-state index >= 15 is 0 Å². The number of ether oxygens (including phenoxy) is 1. The van der Waals surface area contributed by atoms with Gasteiger partial charge in [-0.3, -0.25) is 9.69 Å². The average molecular weight is 526 g/mol. The van der Waals surface area contributed by atoms with Crippen LogP contribution in [0.3, 0.4) is 0 Å². The Labute approximate surface area is 228 Å². The van der Waals surface area contributed by atoms with Crippen LogP contribution >= 0.6 is 24.0 Å². The second kappa shape index (κ2) is 8.99. The quantitative estimate of drug-likeness (QED) is 0.249. The topological polar surface area (TPSA) is 29.5 Å². The zero-order chi connectivity index (χ0) is 25.1. The third-order valence-corrected chi connectivity index (χ3v) is 10.4. The molecule has 37 heavy (non-hydrogen) atoms. The predicted molar refractivity (Wildman–Crippen MR) is 157 cm³/mol. The fourth-order valence-corrected chi connectivity index (χ4v) is 9.24. The first-order valence-corrected chi connectivity index (χ1v) is 14.8. The second-order valence-electron chi connectivity index (χ2n) is 11.4. The standard InChI is InChI=1S/C32H31NO2S2/c1-2-35-28-11-10-25(32-17-20-12-21(18-32)14-22(13-20)19-32)15-24(28)16-29-30(34)33(31(36)37-29)27-9-5-7-23-6-3-4-8-26(23)27/h3-11,15-16,20-22H,2,12-14,17-19H2,1H3/b29-16-. The van der Waals surface area contributed by atoms with Crippen LogP contribution in [0.2, 0.25) is 0 Å². The summed E-state index contributed by atoms with van der Waals surface area (Å²) in [5, 5.41) is 2.13. The average Bonchev–Trinajstić information content (AvgIpc) is 3.16. The van der Waals surface area contributed by atoms with Crippen molar-refractivity contribution < 1.29 is 9.53 Å². The Morgan fingerprint density at radius 2 is 1.70 bits per heavy atom. The van der Waals surface area contributed by atoms with E-state index in [9.17, 15) is 4.79 Å². The molecule has 4 bridgehead atoms. The Kier molecular flexibility index (Phi) is 5.71. The van der Waals surface area contributed by atoms with Crippen molar-refractivity contribution in [3.63, 3.8) is 0 Å². The third kappa shape index (κ3) is 3.93. The molecule has 4 aliphatic carbocycles. The molecule has 0 aromatic heterocycles. The predicted octanol–water partition coefficient (Wildman–Crippen LogP) is 8.11. The molecule has 3 nitrogen and oxygen atoms in total. The van der Waals surface area contributed by atoms with Crippen LogP contribution in [-0.4, -0.2) is 16.8 Å². The van der Waals surface area contributed by atoms with Crippen molar-refractivity contribution in [1.29, 1.82) is 0 Å². The molecule has 3 aromatic carbocycles. The molecular formula is C32H31NO2S2. The lowest BCUT2D eigenvalue weighted by Crippen LogP contribution is -2.48. The van der Waals surface area contributed by atoms with E-state index in [1.807, 2.05) is 37.3 Å². The summed E-state index contributed by atoms with van der Waals surface area (Å²) in [5.41, 5.74) is 3.57. The maximum atomic E-state index is 13.7. The number of amides is 1. The highest BCUT2D eigenvalue weighted by Crippen LogP contribution is 2.61. The SMILES string of the molecule is CCOc1ccc(C23CC4CC(CC(C4)C2)C3)cc1/C=C1\SC(=S)N(c2cccc3ccccc23)C1=O. The Balaban J connectivity index is 1.27. The Hall–Kier alpha value is -2.63. The van der Waals surface area contributed by atoms with Gasteiger partial charge < -0.3 is 4.74 Å². The number of carbonyl (C=O) groups is 1. The van der Waals surface area contributed by atoms with Crippen LogP contribution in [0.15, 0.2) is 65.6 Å². The molecule has 1 aliphatic heterocycles. The Morgan fingerprint density at radius 1 is 1.00 bits per heavy atom. The number of nitrogens with zero attached hydrogens (tertiary/aromatic N) is 1. The lowest BCUT2D eigenvalue weighted by atomic mass is 9.48. The molecule has 5 aliphatic rings. The van der Waals surface area contributed by atoms with E-state index in [4.69, 9.17) is 17.0 Å². The first-order valence-electron chi connectivity index (χ1n) is 13.6. The van der Waals surface area contributed by atoms with Gasteiger partial charge in [0.15, 0.2) is 4.32 Å². The fourth-order valence-electron chi connectivity index (χ4n) is 7.96. The van der Waals surface area contributed by atoms with Crippen molar-refractivity contribution in [2.75, 3.05) is 11.5 Å². The summed E-state index contributed by atoms with van der Waals surface area (Å²) < 4.78 is 6.61. The van der Waals surface area contributed by atoms with Crippen molar-refractivity contribution >= 4 is 56.7 Å². The first-order chi connectivity index (χ1) is 18.0. The van der Waals surface area contributed by atoms with Crippen molar-refractivity contribution in [2.45, 2.75) is 50.9 Å². The van der Waals surface area contributed by atoms with Gasteiger partial charge in [-0.25, -0.2) is 0 Å². The van der Waals surface area contributed by atoms with Crippen LogP contribution in [0, 0.1) is 17.8 Å². The highest BCUT2D eigenvalue weighted by Gasteiger charge is 2.51. The maximum absolute atomic E-state index is 13.7. The van der Waals surface area contributed by atoms with Crippen LogP contribution in [0.25, 0.3) is 16.8 Å². The summed E-state index contributed by atoms with van der Waals surface area (Å²) in [5.74, 6) is 3.44. The maximum Gasteiger partial charge on any atom is 0.270 e. The Bertz CT molecular complexity index is 1420. The van der Waals surface area contributed by atoms with Crippen molar-refractivity contribution in [1.82, 2.24) is 0 Å². The number of hydrogen-bond donors (Lipinski definition) is 0. The molecule has 0 spiro atoms. The van der Waals surface area contributed by atoms with E-state index in [1.54, 1.807) is 4.90 Å². The lowest BCUT2D eigenvalue weighted by Gasteiger charge is -2.57. The van der Waals surface area contributed by atoms with Gasteiger partial charge in [0.05, 0.1) is 17.2 Å². The van der Waals surface area contributed by atoms with Gasteiger partial charge in [-0.2, -0.15) is 0 Å². The number of fused-ring (bicyclic) bond motifs is 1. The highest BCUT2D eigenvalue weighted by atomic mass is 32.2. The molecule has 0 unspecified atom stereocenters. The molecule has 1 saturated heterocycles. The largest absolute Gasteiger partial charge is 0.493 e. The summed E-state index contributed by atoms with van der Waals surface area (Å²) in [6.07, 6.45) is 10.2. The van der Waals surface area contributed by atoms with E-state index in [2.05, 4.69) is 36.4 Å². The van der Waals surface area contributed by atoms with Gasteiger partial charge in [-0.15, -0.1) is 0 Å². The van der Waals surface area contributed by atoms with Gasteiger partial charge in [0.2, 0.25) is 0 Å². The monoisotopic (exact) mass is 525 g/mol. The van der Waals surface area contributed by atoms with Crippen LogP contribution in [-0.2, 0) is 10.2 Å². The van der Waals surface area contributed by atoms with E-state index < -0.39 is 0 Å². The highest BCUT2D eigenvalue weighted by molar-refractivity contribution is 8.27.